The van der Waals surface area contributed by atoms with Gasteiger partial charge in [-0.2, -0.15) is 0 Å². The van der Waals surface area contributed by atoms with Crippen LogP contribution in [-0.4, -0.2) is 36.3 Å². The Morgan fingerprint density at radius 2 is 2.12 bits per heavy atom. The van der Waals surface area contributed by atoms with E-state index in [0.717, 1.165) is 29.9 Å². The molecule has 1 saturated heterocycles. The second kappa shape index (κ2) is 8.31. The summed E-state index contributed by atoms with van der Waals surface area (Å²) < 4.78 is 11.4. The molecule has 6 nitrogen and oxygen atoms in total. The quantitative estimate of drug-likeness (QED) is 0.462. The summed E-state index contributed by atoms with van der Waals surface area (Å²) in [7, 11) is 1.58. The third kappa shape index (κ3) is 3.66. The van der Waals surface area contributed by atoms with Gasteiger partial charge in [0, 0.05) is 27.5 Å². The lowest BCUT2D eigenvalue weighted by Crippen LogP contribution is -2.50. The van der Waals surface area contributed by atoms with Gasteiger partial charge in [-0.1, -0.05) is 20.8 Å². The number of aromatic nitrogens is 1. The zero-order chi connectivity index (χ0) is 23.5. The van der Waals surface area contributed by atoms with E-state index in [4.69, 9.17) is 14.5 Å². The van der Waals surface area contributed by atoms with E-state index in [9.17, 15) is 9.59 Å². The summed E-state index contributed by atoms with van der Waals surface area (Å²) in [6.45, 7) is 6.54. The molecule has 1 N–H and O–H groups in total. The maximum Gasteiger partial charge on any atom is 0.309 e. The first-order chi connectivity index (χ1) is 15.8. The highest BCUT2D eigenvalue weighted by molar-refractivity contribution is 7.98. The maximum absolute atomic E-state index is 13.0. The summed E-state index contributed by atoms with van der Waals surface area (Å²) in [4.78, 5) is 32.5. The van der Waals surface area contributed by atoms with Gasteiger partial charge < -0.3 is 9.47 Å². The fourth-order valence-corrected chi connectivity index (χ4v) is 7.97. The molecule has 0 radical (unpaired) electrons. The van der Waals surface area contributed by atoms with Gasteiger partial charge in [0.2, 0.25) is 0 Å². The van der Waals surface area contributed by atoms with Crippen LogP contribution in [0, 0.1) is 23.2 Å². The molecule has 1 amide bonds. The molecule has 0 spiro atoms. The highest BCUT2D eigenvalue weighted by Gasteiger charge is 2.58. The highest BCUT2D eigenvalue weighted by atomic mass is 32.2. The van der Waals surface area contributed by atoms with Gasteiger partial charge in [0.05, 0.1) is 24.3 Å². The molecule has 176 valence electrons. The predicted molar refractivity (Wildman–Crippen MR) is 130 cm³/mol. The molecule has 2 aromatic rings. The average molecular weight is 487 g/mol. The van der Waals surface area contributed by atoms with E-state index in [1.807, 2.05) is 25.3 Å². The van der Waals surface area contributed by atoms with Crippen molar-refractivity contribution in [3.8, 4) is 5.75 Å². The lowest BCUT2D eigenvalue weighted by molar-refractivity contribution is -0.149. The molecule has 2 fully saturated rings. The van der Waals surface area contributed by atoms with Crippen LogP contribution in [0.1, 0.15) is 60.5 Å². The molecule has 5 rings (SSSR count). The Balaban J connectivity index is 1.41. The third-order valence-electron chi connectivity index (χ3n) is 8.03. The SMILES string of the molecule is COc1cc(SC)ccc1C(=O)Nc1nc2c(s1)CC1(C)CCC3C(C)C(=O)OC3C1C2C. The molecule has 3 aliphatic rings. The van der Waals surface area contributed by atoms with E-state index in [1.54, 1.807) is 36.3 Å². The number of benzene rings is 1. The average Bonchev–Trinajstić information content (AvgIpc) is 3.32. The number of hydrogen-bond acceptors (Lipinski definition) is 7. The second-order valence-electron chi connectivity index (χ2n) is 9.89. The molecule has 1 aromatic carbocycles. The van der Waals surface area contributed by atoms with E-state index in [0.29, 0.717) is 22.4 Å². The van der Waals surface area contributed by atoms with E-state index in [-0.39, 0.29) is 41.1 Å². The van der Waals surface area contributed by atoms with Crippen molar-refractivity contribution >= 4 is 40.1 Å². The van der Waals surface area contributed by atoms with Crippen molar-refractivity contribution in [1.29, 1.82) is 0 Å². The first kappa shape index (κ1) is 22.7. The van der Waals surface area contributed by atoms with Crippen molar-refractivity contribution in [2.75, 3.05) is 18.7 Å². The largest absolute Gasteiger partial charge is 0.496 e. The Bertz CT molecular complexity index is 1120. The summed E-state index contributed by atoms with van der Waals surface area (Å²) >= 11 is 3.17. The Morgan fingerprint density at radius 1 is 1.33 bits per heavy atom. The molecule has 2 heterocycles. The van der Waals surface area contributed by atoms with Crippen LogP contribution < -0.4 is 10.1 Å². The van der Waals surface area contributed by atoms with Crippen LogP contribution in [0.4, 0.5) is 5.13 Å². The van der Waals surface area contributed by atoms with Crippen LogP contribution in [0.15, 0.2) is 23.1 Å². The molecule has 2 aliphatic carbocycles. The Labute approximate surface area is 202 Å². The number of hydrogen-bond donors (Lipinski definition) is 1. The van der Waals surface area contributed by atoms with E-state index >= 15 is 0 Å². The van der Waals surface area contributed by atoms with Crippen LogP contribution >= 0.6 is 23.1 Å². The smallest absolute Gasteiger partial charge is 0.309 e. The van der Waals surface area contributed by atoms with Crippen molar-refractivity contribution in [2.24, 2.45) is 23.2 Å². The fourth-order valence-electron chi connectivity index (χ4n) is 6.28. The summed E-state index contributed by atoms with van der Waals surface area (Å²) in [6.07, 6.45) is 4.98. The number of methoxy groups -OCH3 is 1. The van der Waals surface area contributed by atoms with Crippen molar-refractivity contribution in [1.82, 2.24) is 4.98 Å². The normalized spacial score (nSPS) is 32.4. The summed E-state index contributed by atoms with van der Waals surface area (Å²) in [5.41, 5.74) is 1.60. The van der Waals surface area contributed by atoms with Crippen LogP contribution in [-0.2, 0) is 16.0 Å². The first-order valence-corrected chi connectivity index (χ1v) is 13.5. The van der Waals surface area contributed by atoms with Crippen molar-refractivity contribution in [3.63, 3.8) is 0 Å². The number of carbonyl (C=O) groups is 2. The zero-order valence-corrected chi connectivity index (χ0v) is 21.3. The van der Waals surface area contributed by atoms with E-state index in [2.05, 4.69) is 19.2 Å². The van der Waals surface area contributed by atoms with Crippen molar-refractivity contribution < 1.29 is 19.1 Å². The van der Waals surface area contributed by atoms with Gasteiger partial charge in [-0.3, -0.25) is 14.9 Å². The summed E-state index contributed by atoms with van der Waals surface area (Å²) in [5, 5.41) is 3.61. The lowest BCUT2D eigenvalue weighted by atomic mass is 9.54. The number of nitrogens with one attached hydrogen (secondary N) is 1. The molecule has 1 aromatic heterocycles. The fraction of sp³-hybridized carbons (Fsp3) is 0.560. The van der Waals surface area contributed by atoms with Gasteiger partial charge in [-0.05, 0) is 49.1 Å². The van der Waals surface area contributed by atoms with E-state index < -0.39 is 0 Å². The molecule has 1 aliphatic heterocycles. The van der Waals surface area contributed by atoms with Crippen molar-refractivity contribution in [3.05, 3.63) is 34.3 Å². The molecular weight excluding hydrogens is 456 g/mol. The number of fused-ring (bicyclic) bond motifs is 4. The Morgan fingerprint density at radius 3 is 2.85 bits per heavy atom. The van der Waals surface area contributed by atoms with Crippen LogP contribution in [0.2, 0.25) is 0 Å². The number of anilines is 1. The lowest BCUT2D eigenvalue weighted by Gasteiger charge is -2.51. The summed E-state index contributed by atoms with van der Waals surface area (Å²) in [5.74, 6) is 0.973. The first-order valence-electron chi connectivity index (χ1n) is 11.5. The van der Waals surface area contributed by atoms with Crippen LogP contribution in [0.3, 0.4) is 0 Å². The molecule has 6 unspecified atom stereocenters. The van der Waals surface area contributed by atoms with Crippen LogP contribution in [0.25, 0.3) is 0 Å². The highest BCUT2D eigenvalue weighted by Crippen LogP contribution is 2.59. The maximum atomic E-state index is 13.0. The van der Waals surface area contributed by atoms with Gasteiger partial charge in [-0.15, -0.1) is 23.1 Å². The second-order valence-corrected chi connectivity index (χ2v) is 11.8. The molecular formula is C25H30N2O4S2. The zero-order valence-electron chi connectivity index (χ0n) is 19.6. The molecule has 1 saturated carbocycles. The minimum atomic E-state index is -0.222. The molecule has 0 bridgehead atoms. The number of thiazole rings is 1. The van der Waals surface area contributed by atoms with E-state index in [1.165, 1.54) is 4.88 Å². The minimum absolute atomic E-state index is 0.0223. The summed E-state index contributed by atoms with van der Waals surface area (Å²) in [6, 6.07) is 5.59. The van der Waals surface area contributed by atoms with Gasteiger partial charge in [0.1, 0.15) is 11.9 Å². The topological polar surface area (TPSA) is 77.5 Å². The van der Waals surface area contributed by atoms with Gasteiger partial charge in [0.25, 0.3) is 5.91 Å². The molecule has 8 heteroatoms. The molecule has 33 heavy (non-hydrogen) atoms. The standard InChI is InChI=1S/C25H30N2O4S2/c1-12-15-8-9-25(3)11-18-20(13(2)19(25)21(15)31-23(12)29)26-24(33-18)27-22(28)16-7-6-14(32-5)10-17(16)30-4/h6-7,10,12-13,15,19,21H,8-9,11H2,1-5H3,(H,26,27,28). The Kier molecular flexibility index (Phi) is 5.72. The molecule has 6 atom stereocenters. The van der Waals surface area contributed by atoms with Gasteiger partial charge in [0.15, 0.2) is 5.13 Å². The van der Waals surface area contributed by atoms with Gasteiger partial charge >= 0.3 is 5.97 Å². The number of rotatable bonds is 4. The minimum Gasteiger partial charge on any atom is -0.496 e. The third-order valence-corrected chi connectivity index (χ3v) is 9.74. The van der Waals surface area contributed by atoms with Crippen LogP contribution in [0.5, 0.6) is 5.75 Å². The number of carbonyl (C=O) groups excluding carboxylic acids is 2. The van der Waals surface area contributed by atoms with Crippen molar-refractivity contribution in [2.45, 2.75) is 57.0 Å². The predicted octanol–water partition coefficient (Wildman–Crippen LogP) is 5.38. The number of thioether (sulfide) groups is 1. The number of esters is 1. The monoisotopic (exact) mass is 486 g/mol. The number of amides is 1. The number of nitrogens with zero attached hydrogens (tertiary/aromatic N) is 1. The number of ether oxygens (including phenoxy) is 2. The van der Waals surface area contributed by atoms with Gasteiger partial charge in [-0.25, -0.2) is 4.98 Å². The Hall–Kier alpha value is -2.06.